The number of hydrogen-bond donors (Lipinski definition) is 1. The zero-order chi connectivity index (χ0) is 21.6. The molecule has 1 fully saturated rings. The predicted molar refractivity (Wildman–Crippen MR) is 111 cm³/mol. The molecule has 0 radical (unpaired) electrons. The Morgan fingerprint density at radius 3 is 2.68 bits per heavy atom. The van der Waals surface area contributed by atoms with Gasteiger partial charge in [-0.1, -0.05) is 22.9 Å². The molecule has 162 valence electrons. The topological polar surface area (TPSA) is 107 Å². The number of fused-ring (bicyclic) bond motifs is 1. The van der Waals surface area contributed by atoms with E-state index in [1.807, 2.05) is 37.1 Å². The second kappa shape index (κ2) is 7.63. The van der Waals surface area contributed by atoms with Crippen LogP contribution in [0.15, 0.2) is 51.9 Å². The van der Waals surface area contributed by atoms with Crippen molar-refractivity contribution in [3.63, 3.8) is 0 Å². The summed E-state index contributed by atoms with van der Waals surface area (Å²) in [4.78, 5) is 6.81. The molecule has 1 N–H and O–H groups in total. The number of rotatable bonds is 5. The molecule has 2 atom stereocenters. The zero-order valence-corrected chi connectivity index (χ0v) is 17.9. The first kappa shape index (κ1) is 20.0. The van der Waals surface area contributed by atoms with Crippen LogP contribution in [0.25, 0.3) is 11.4 Å². The SMILES string of the molecule is Cc1ccc(S(=O)(=O)N[C@H]2C[C@@H](c3nc(-c4ccc5c(c4)OCO5)no3)N(C)C2)cc1. The standard InChI is InChI=1S/C21H22N4O5S/c1-13-3-6-16(7-4-13)31(26,27)24-15-10-17(25(2)11-15)21-22-20(23-30-21)14-5-8-18-19(9-14)29-12-28-18/h3-9,15,17,24H,10-12H2,1-2H3/t15-,17-/m0/s1. The van der Waals surface area contributed by atoms with E-state index in [-0.39, 0.29) is 23.8 Å². The van der Waals surface area contributed by atoms with Gasteiger partial charge in [0.05, 0.1) is 10.9 Å². The average Bonchev–Trinajstić information content (AvgIpc) is 3.47. The van der Waals surface area contributed by atoms with Crippen molar-refractivity contribution in [2.45, 2.75) is 30.3 Å². The average molecular weight is 442 g/mol. The number of nitrogens with zero attached hydrogens (tertiary/aromatic N) is 3. The third-order valence-corrected chi connectivity index (χ3v) is 7.10. The van der Waals surface area contributed by atoms with Gasteiger partial charge in [0.1, 0.15) is 0 Å². The van der Waals surface area contributed by atoms with Crippen LogP contribution in [0.3, 0.4) is 0 Å². The summed E-state index contributed by atoms with van der Waals surface area (Å²) in [6.07, 6.45) is 0.532. The summed E-state index contributed by atoms with van der Waals surface area (Å²) in [5, 5.41) is 4.10. The van der Waals surface area contributed by atoms with E-state index in [2.05, 4.69) is 14.9 Å². The highest BCUT2D eigenvalue weighted by atomic mass is 32.2. The molecule has 31 heavy (non-hydrogen) atoms. The van der Waals surface area contributed by atoms with E-state index >= 15 is 0 Å². The van der Waals surface area contributed by atoms with Crippen molar-refractivity contribution in [3.05, 3.63) is 53.9 Å². The Balaban J connectivity index is 1.30. The van der Waals surface area contributed by atoms with E-state index in [0.717, 1.165) is 11.1 Å². The number of benzene rings is 2. The highest BCUT2D eigenvalue weighted by Crippen LogP contribution is 2.36. The van der Waals surface area contributed by atoms with Gasteiger partial charge in [-0.15, -0.1) is 0 Å². The summed E-state index contributed by atoms with van der Waals surface area (Å²) in [6, 6.07) is 11.8. The molecule has 5 rings (SSSR count). The molecule has 3 heterocycles. The Morgan fingerprint density at radius 1 is 1.10 bits per heavy atom. The highest BCUT2D eigenvalue weighted by Gasteiger charge is 2.36. The molecule has 1 saturated heterocycles. The lowest BCUT2D eigenvalue weighted by Crippen LogP contribution is -2.36. The molecule has 2 aliphatic heterocycles. The number of aromatic nitrogens is 2. The first-order chi connectivity index (χ1) is 14.9. The minimum absolute atomic E-state index is 0.180. The number of nitrogens with one attached hydrogen (secondary N) is 1. The molecule has 3 aromatic rings. The van der Waals surface area contributed by atoms with Crippen molar-refractivity contribution in [1.82, 2.24) is 19.8 Å². The molecule has 0 bridgehead atoms. The van der Waals surface area contributed by atoms with Gasteiger partial charge in [-0.25, -0.2) is 13.1 Å². The van der Waals surface area contributed by atoms with Crippen LogP contribution in [0, 0.1) is 6.92 Å². The smallest absolute Gasteiger partial charge is 0.244 e. The van der Waals surface area contributed by atoms with Crippen molar-refractivity contribution in [3.8, 4) is 22.9 Å². The van der Waals surface area contributed by atoms with Gasteiger partial charge in [0.25, 0.3) is 0 Å². The van der Waals surface area contributed by atoms with E-state index in [0.29, 0.717) is 36.2 Å². The molecule has 0 saturated carbocycles. The van der Waals surface area contributed by atoms with Crippen LogP contribution >= 0.6 is 0 Å². The Labute approximate surface area is 180 Å². The molecule has 0 spiro atoms. The lowest BCUT2D eigenvalue weighted by Gasteiger charge is -2.14. The quantitative estimate of drug-likeness (QED) is 0.642. The van der Waals surface area contributed by atoms with Crippen LogP contribution in [-0.2, 0) is 10.0 Å². The van der Waals surface area contributed by atoms with Crippen molar-refractivity contribution in [1.29, 1.82) is 0 Å². The van der Waals surface area contributed by atoms with Gasteiger partial charge in [0.2, 0.25) is 28.5 Å². The second-order valence-electron chi connectivity index (χ2n) is 7.85. The first-order valence-electron chi connectivity index (χ1n) is 9.92. The summed E-state index contributed by atoms with van der Waals surface area (Å²) in [7, 11) is -1.69. The van der Waals surface area contributed by atoms with Crippen LogP contribution < -0.4 is 14.2 Å². The summed E-state index contributed by atoms with van der Waals surface area (Å²) in [5.41, 5.74) is 1.77. The molecule has 1 aromatic heterocycles. The van der Waals surface area contributed by atoms with Crippen molar-refractivity contribution < 1.29 is 22.4 Å². The number of ether oxygens (including phenoxy) is 2. The van der Waals surface area contributed by atoms with E-state index in [1.165, 1.54) is 0 Å². The molecule has 0 amide bonds. The number of sulfonamides is 1. The normalized spacial score (nSPS) is 21.0. The van der Waals surface area contributed by atoms with Crippen molar-refractivity contribution in [2.24, 2.45) is 0 Å². The van der Waals surface area contributed by atoms with Crippen LogP contribution in [0.5, 0.6) is 11.5 Å². The molecule has 0 unspecified atom stereocenters. The Bertz CT molecular complexity index is 1210. The minimum atomic E-state index is -3.60. The third kappa shape index (κ3) is 3.89. The number of aryl methyl sites for hydroxylation is 1. The lowest BCUT2D eigenvalue weighted by atomic mass is 10.1. The third-order valence-electron chi connectivity index (χ3n) is 5.56. The fourth-order valence-electron chi connectivity index (χ4n) is 3.90. The minimum Gasteiger partial charge on any atom is -0.454 e. The van der Waals surface area contributed by atoms with Crippen molar-refractivity contribution in [2.75, 3.05) is 20.4 Å². The number of hydrogen-bond acceptors (Lipinski definition) is 8. The maximum atomic E-state index is 12.7. The van der Waals surface area contributed by atoms with Crippen LogP contribution in [-0.4, -0.2) is 49.9 Å². The highest BCUT2D eigenvalue weighted by molar-refractivity contribution is 7.89. The molecule has 2 aromatic carbocycles. The maximum absolute atomic E-state index is 12.7. The molecule has 10 heteroatoms. The molecular weight excluding hydrogens is 420 g/mol. The first-order valence-corrected chi connectivity index (χ1v) is 11.4. The van der Waals surface area contributed by atoms with Crippen LogP contribution in [0.1, 0.15) is 23.9 Å². The molecule has 9 nitrogen and oxygen atoms in total. The monoisotopic (exact) mass is 442 g/mol. The van der Waals surface area contributed by atoms with E-state index < -0.39 is 10.0 Å². The van der Waals surface area contributed by atoms with Gasteiger partial charge in [-0.2, -0.15) is 4.98 Å². The second-order valence-corrected chi connectivity index (χ2v) is 9.56. The predicted octanol–water partition coefficient (Wildman–Crippen LogP) is 2.50. The fourth-order valence-corrected chi connectivity index (χ4v) is 5.14. The Kier molecular flexibility index (Phi) is 4.92. The Morgan fingerprint density at radius 2 is 1.87 bits per heavy atom. The van der Waals surface area contributed by atoms with Gasteiger partial charge < -0.3 is 14.0 Å². The van der Waals surface area contributed by atoms with Gasteiger partial charge in [-0.05, 0) is 50.7 Å². The van der Waals surface area contributed by atoms with Gasteiger partial charge in [0.15, 0.2) is 11.5 Å². The fraction of sp³-hybridized carbons (Fsp3) is 0.333. The summed E-state index contributed by atoms with van der Waals surface area (Å²) in [6.45, 7) is 2.66. The van der Waals surface area contributed by atoms with E-state index in [4.69, 9.17) is 14.0 Å². The van der Waals surface area contributed by atoms with Gasteiger partial charge in [0, 0.05) is 18.2 Å². The van der Waals surface area contributed by atoms with E-state index in [9.17, 15) is 8.42 Å². The van der Waals surface area contributed by atoms with Gasteiger partial charge in [-0.3, -0.25) is 4.90 Å². The molecule has 2 aliphatic rings. The van der Waals surface area contributed by atoms with Gasteiger partial charge >= 0.3 is 0 Å². The van der Waals surface area contributed by atoms with Crippen LogP contribution in [0.4, 0.5) is 0 Å². The van der Waals surface area contributed by atoms with Crippen LogP contribution in [0.2, 0.25) is 0 Å². The summed E-state index contributed by atoms with van der Waals surface area (Å²) < 4.78 is 44.5. The summed E-state index contributed by atoms with van der Waals surface area (Å²) in [5.74, 6) is 2.23. The summed E-state index contributed by atoms with van der Waals surface area (Å²) >= 11 is 0. The number of likely N-dealkylation sites (tertiary alicyclic amines) is 1. The Hall–Kier alpha value is -2.95. The largest absolute Gasteiger partial charge is 0.454 e. The van der Waals surface area contributed by atoms with E-state index in [1.54, 1.807) is 24.3 Å². The molecular formula is C21H22N4O5S. The maximum Gasteiger partial charge on any atom is 0.244 e. The van der Waals surface area contributed by atoms with Crippen molar-refractivity contribution >= 4 is 10.0 Å². The zero-order valence-electron chi connectivity index (χ0n) is 17.1. The number of likely N-dealkylation sites (N-methyl/N-ethyl adjacent to an activating group) is 1. The lowest BCUT2D eigenvalue weighted by molar-refractivity contribution is 0.174. The molecule has 0 aliphatic carbocycles.